The number of rotatable bonds is 7. The van der Waals surface area contributed by atoms with Crippen molar-refractivity contribution in [2.75, 3.05) is 13.7 Å². The van der Waals surface area contributed by atoms with Crippen molar-refractivity contribution >= 4 is 5.91 Å². The summed E-state index contributed by atoms with van der Waals surface area (Å²) >= 11 is 0. The molecule has 0 spiro atoms. The normalized spacial score (nSPS) is 13.2. The fourth-order valence-electron chi connectivity index (χ4n) is 2.64. The van der Waals surface area contributed by atoms with Crippen LogP contribution in [0.2, 0.25) is 0 Å². The average Bonchev–Trinajstić information content (AvgIpc) is 2.58. The monoisotopic (exact) mass is 331 g/mol. The predicted octanol–water partition coefficient (Wildman–Crippen LogP) is 3.12. The Morgan fingerprint density at radius 1 is 1.25 bits per heavy atom. The summed E-state index contributed by atoms with van der Waals surface area (Å²) in [6.45, 7) is 2.06. The van der Waals surface area contributed by atoms with Crippen LogP contribution in [0.15, 0.2) is 48.5 Å². The minimum absolute atomic E-state index is 0.0327. The molecule has 0 aliphatic heterocycles. The SMILES string of the molecule is COc1ccc(F)cc1C(=O)NCC(CC(C)O)c1ccccc1. The molecule has 0 saturated carbocycles. The van der Waals surface area contributed by atoms with Gasteiger partial charge in [-0.25, -0.2) is 4.39 Å². The highest BCUT2D eigenvalue weighted by Crippen LogP contribution is 2.22. The van der Waals surface area contributed by atoms with E-state index in [0.717, 1.165) is 11.6 Å². The average molecular weight is 331 g/mol. The van der Waals surface area contributed by atoms with Crippen molar-refractivity contribution < 1.29 is 19.0 Å². The van der Waals surface area contributed by atoms with Crippen LogP contribution >= 0.6 is 0 Å². The van der Waals surface area contributed by atoms with E-state index in [9.17, 15) is 14.3 Å². The smallest absolute Gasteiger partial charge is 0.255 e. The van der Waals surface area contributed by atoms with Crippen molar-refractivity contribution in [1.82, 2.24) is 5.32 Å². The molecule has 4 nitrogen and oxygen atoms in total. The fourth-order valence-corrected chi connectivity index (χ4v) is 2.64. The van der Waals surface area contributed by atoms with E-state index in [-0.39, 0.29) is 11.5 Å². The molecular formula is C19H22FNO3. The Morgan fingerprint density at radius 2 is 1.96 bits per heavy atom. The van der Waals surface area contributed by atoms with Crippen molar-refractivity contribution in [3.8, 4) is 5.75 Å². The number of aliphatic hydroxyl groups excluding tert-OH is 1. The topological polar surface area (TPSA) is 58.6 Å². The fraction of sp³-hybridized carbons (Fsp3) is 0.316. The van der Waals surface area contributed by atoms with Crippen LogP contribution in [0, 0.1) is 5.82 Å². The van der Waals surface area contributed by atoms with Crippen LogP contribution < -0.4 is 10.1 Å². The zero-order valence-corrected chi connectivity index (χ0v) is 13.8. The van der Waals surface area contributed by atoms with E-state index < -0.39 is 17.8 Å². The van der Waals surface area contributed by atoms with Crippen LogP contribution in [-0.4, -0.2) is 30.8 Å². The molecule has 0 bridgehead atoms. The maximum atomic E-state index is 13.4. The molecule has 0 heterocycles. The zero-order chi connectivity index (χ0) is 17.5. The maximum Gasteiger partial charge on any atom is 0.255 e. The van der Waals surface area contributed by atoms with Crippen LogP contribution in [0.5, 0.6) is 5.75 Å². The Morgan fingerprint density at radius 3 is 2.58 bits per heavy atom. The minimum atomic E-state index is -0.496. The number of carbonyl (C=O) groups excluding carboxylic acids is 1. The molecule has 5 heteroatoms. The number of hydrogen-bond donors (Lipinski definition) is 2. The molecule has 0 aliphatic rings. The molecule has 0 aliphatic carbocycles. The molecule has 2 atom stereocenters. The molecule has 2 N–H and O–H groups in total. The summed E-state index contributed by atoms with van der Waals surface area (Å²) in [6, 6.07) is 13.5. The Balaban J connectivity index is 2.11. The number of benzene rings is 2. The Hall–Kier alpha value is -2.40. The summed E-state index contributed by atoms with van der Waals surface area (Å²) in [4.78, 5) is 12.4. The van der Waals surface area contributed by atoms with Crippen molar-refractivity contribution in [3.63, 3.8) is 0 Å². The van der Waals surface area contributed by atoms with Gasteiger partial charge < -0.3 is 15.2 Å². The number of nitrogens with one attached hydrogen (secondary N) is 1. The van der Waals surface area contributed by atoms with Crippen molar-refractivity contribution in [3.05, 3.63) is 65.5 Å². The first kappa shape index (κ1) is 17.9. The van der Waals surface area contributed by atoms with Crippen molar-refractivity contribution in [2.45, 2.75) is 25.4 Å². The Bertz CT molecular complexity index is 674. The van der Waals surface area contributed by atoms with Crippen LogP contribution in [0.25, 0.3) is 0 Å². The number of hydrogen-bond acceptors (Lipinski definition) is 3. The van der Waals surface area contributed by atoms with E-state index in [0.29, 0.717) is 18.7 Å². The van der Waals surface area contributed by atoms with Gasteiger partial charge in [-0.15, -0.1) is 0 Å². The Labute approximate surface area is 141 Å². The molecule has 128 valence electrons. The number of amides is 1. The van der Waals surface area contributed by atoms with Gasteiger partial charge in [-0.1, -0.05) is 30.3 Å². The predicted molar refractivity (Wildman–Crippen MR) is 90.8 cm³/mol. The van der Waals surface area contributed by atoms with Crippen LogP contribution in [0.1, 0.15) is 35.2 Å². The lowest BCUT2D eigenvalue weighted by Gasteiger charge is -2.20. The molecule has 1 amide bonds. The van der Waals surface area contributed by atoms with Gasteiger partial charge in [0.1, 0.15) is 11.6 Å². The number of ether oxygens (including phenoxy) is 1. The lowest BCUT2D eigenvalue weighted by molar-refractivity contribution is 0.0942. The molecule has 2 aromatic carbocycles. The van der Waals surface area contributed by atoms with E-state index in [1.807, 2.05) is 30.3 Å². The summed E-state index contributed by atoms with van der Waals surface area (Å²) in [5, 5.41) is 12.5. The number of halogens is 1. The van der Waals surface area contributed by atoms with Gasteiger partial charge in [0.05, 0.1) is 18.8 Å². The first-order valence-electron chi connectivity index (χ1n) is 7.86. The van der Waals surface area contributed by atoms with Gasteiger partial charge in [-0.2, -0.15) is 0 Å². The van der Waals surface area contributed by atoms with Gasteiger partial charge in [0, 0.05) is 12.5 Å². The summed E-state index contributed by atoms with van der Waals surface area (Å²) < 4.78 is 18.5. The van der Waals surface area contributed by atoms with Gasteiger partial charge >= 0.3 is 0 Å². The van der Waals surface area contributed by atoms with E-state index in [2.05, 4.69) is 5.32 Å². The lowest BCUT2D eigenvalue weighted by atomic mass is 9.93. The summed E-state index contributed by atoms with van der Waals surface area (Å²) in [7, 11) is 1.43. The summed E-state index contributed by atoms with van der Waals surface area (Å²) in [5.74, 6) is -0.613. The highest BCUT2D eigenvalue weighted by atomic mass is 19.1. The molecule has 0 saturated heterocycles. The second-order valence-electron chi connectivity index (χ2n) is 5.75. The van der Waals surface area contributed by atoms with Crippen LogP contribution in [0.4, 0.5) is 4.39 Å². The molecule has 24 heavy (non-hydrogen) atoms. The largest absolute Gasteiger partial charge is 0.496 e. The number of methoxy groups -OCH3 is 1. The second kappa shape index (κ2) is 8.45. The highest BCUT2D eigenvalue weighted by Gasteiger charge is 2.18. The van der Waals surface area contributed by atoms with E-state index >= 15 is 0 Å². The van der Waals surface area contributed by atoms with Gasteiger partial charge in [-0.3, -0.25) is 4.79 Å². The zero-order valence-electron chi connectivity index (χ0n) is 13.8. The molecule has 2 rings (SSSR count). The third kappa shape index (κ3) is 4.80. The first-order valence-corrected chi connectivity index (χ1v) is 7.86. The van der Waals surface area contributed by atoms with Gasteiger partial charge in [0.15, 0.2) is 0 Å². The highest BCUT2D eigenvalue weighted by molar-refractivity contribution is 5.96. The summed E-state index contributed by atoms with van der Waals surface area (Å²) in [6.07, 6.45) is 0.0284. The lowest BCUT2D eigenvalue weighted by Crippen LogP contribution is -2.30. The van der Waals surface area contributed by atoms with E-state index in [1.54, 1.807) is 6.92 Å². The van der Waals surface area contributed by atoms with Crippen molar-refractivity contribution in [2.24, 2.45) is 0 Å². The quantitative estimate of drug-likeness (QED) is 0.819. The Kier molecular flexibility index (Phi) is 6.32. The molecular weight excluding hydrogens is 309 g/mol. The van der Waals surface area contributed by atoms with E-state index in [4.69, 9.17) is 4.74 Å². The first-order chi connectivity index (χ1) is 11.5. The van der Waals surface area contributed by atoms with Gasteiger partial charge in [-0.05, 0) is 37.1 Å². The number of carbonyl (C=O) groups is 1. The molecule has 2 aromatic rings. The standard InChI is InChI=1S/C19H22FNO3/c1-13(22)10-15(14-6-4-3-5-7-14)12-21-19(23)17-11-16(20)8-9-18(17)24-2/h3-9,11,13,15,22H,10,12H2,1-2H3,(H,21,23). The molecule has 2 unspecified atom stereocenters. The maximum absolute atomic E-state index is 13.4. The third-order valence-electron chi connectivity index (χ3n) is 3.81. The van der Waals surface area contributed by atoms with E-state index in [1.165, 1.54) is 19.2 Å². The molecule has 0 aromatic heterocycles. The second-order valence-corrected chi connectivity index (χ2v) is 5.75. The molecule has 0 radical (unpaired) electrons. The van der Waals surface area contributed by atoms with Gasteiger partial charge in [0.2, 0.25) is 0 Å². The summed E-state index contributed by atoms with van der Waals surface area (Å²) in [5.41, 5.74) is 1.19. The minimum Gasteiger partial charge on any atom is -0.496 e. The van der Waals surface area contributed by atoms with Crippen molar-refractivity contribution in [1.29, 1.82) is 0 Å². The number of aliphatic hydroxyl groups is 1. The van der Waals surface area contributed by atoms with Crippen LogP contribution in [0.3, 0.4) is 0 Å². The third-order valence-corrected chi connectivity index (χ3v) is 3.81. The van der Waals surface area contributed by atoms with Crippen LogP contribution in [-0.2, 0) is 0 Å². The van der Waals surface area contributed by atoms with Gasteiger partial charge in [0.25, 0.3) is 5.91 Å². The molecule has 0 fully saturated rings.